The number of aliphatic imine (C=N–C) groups is 3. The molecule has 4 aliphatic heterocycles. The number of esters is 2. The number of H-pyrrole nitrogens is 1. The van der Waals surface area contributed by atoms with Crippen molar-refractivity contribution < 1.29 is 24.2 Å². The molecule has 5 aliphatic rings. The predicted octanol–water partition coefficient (Wildman–Crippen LogP) is 11.5. The van der Waals surface area contributed by atoms with Crippen molar-refractivity contribution in [3.63, 3.8) is 0 Å². The number of aliphatic hydroxyl groups is 1. The molecule has 0 fully saturated rings. The third-order valence-electron chi connectivity index (χ3n) is 13.6. The van der Waals surface area contributed by atoms with Crippen molar-refractivity contribution >= 4 is 47.3 Å². The third-order valence-corrected chi connectivity index (χ3v) is 13.6. The van der Waals surface area contributed by atoms with Crippen molar-refractivity contribution in [2.45, 2.75) is 133 Å². The molecule has 340 valence electrons. The molecule has 9 nitrogen and oxygen atoms in total. The number of rotatable bonds is 19. The number of allylic oxidation sites excluding steroid dienone is 8. The first kappa shape index (κ1) is 47.9. The van der Waals surface area contributed by atoms with E-state index in [4.69, 9.17) is 24.5 Å². The summed E-state index contributed by atoms with van der Waals surface area (Å²) >= 11 is 0. The van der Waals surface area contributed by atoms with Crippen molar-refractivity contribution in [2.24, 2.45) is 38.6 Å². The van der Waals surface area contributed by atoms with Crippen LogP contribution in [-0.2, 0) is 19.1 Å². The molecular formula is C55H70N4O5. The summed E-state index contributed by atoms with van der Waals surface area (Å²) < 4.78 is 11.0. The van der Waals surface area contributed by atoms with Gasteiger partial charge in [0.1, 0.15) is 18.3 Å². The van der Waals surface area contributed by atoms with E-state index in [1.165, 1.54) is 63.7 Å². The highest BCUT2D eigenvalue weighted by Gasteiger charge is 2.47. The second-order valence-electron chi connectivity index (χ2n) is 18.8. The normalized spacial score (nSPS) is 19.4. The SMILES string of the molecule is C=Cc1c(C)c2[nH]c1=CC1=NC(=CC3=C(C)C4=C(O)[C@H](C(=O)OC)C(=C5N=C(C=2)C(C)=C5/C=C/C(=O)O[13CH2]/[13CH]=[13C](\[13CH3])[13CH2][13CH2][13CH2][13CH]([13CH3])[13CH2][13CH2][13CH2][13CH]([13CH3])[13CH2][13CH2][13CH2][13CH]([13CH3])[13CH3])C4=N3)C(CC)=C1C. The number of carbonyl (C=O) groups excluding carboxylic acids is 2. The van der Waals surface area contributed by atoms with Crippen LogP contribution in [0.2, 0.25) is 0 Å². The molecule has 2 N–H and O–H groups in total. The lowest BCUT2D eigenvalue weighted by Gasteiger charge is -2.15. The first-order valence-corrected chi connectivity index (χ1v) is 23.5. The molecule has 5 heterocycles. The van der Waals surface area contributed by atoms with Crippen molar-refractivity contribution in [1.82, 2.24) is 4.98 Å². The molecule has 1 aromatic heterocycles. The Balaban J connectivity index is 1.25. The van der Waals surface area contributed by atoms with Gasteiger partial charge < -0.3 is 19.6 Å². The average Bonchev–Trinajstić information content (AvgIpc) is 3.99. The summed E-state index contributed by atoms with van der Waals surface area (Å²) in [5.41, 5.74) is 12.1. The summed E-state index contributed by atoms with van der Waals surface area (Å²) in [5, 5.41) is 13.6. The Morgan fingerprint density at radius 1 is 0.875 bits per heavy atom. The number of aliphatic hydroxyl groups excluding tert-OH is 1. The van der Waals surface area contributed by atoms with Crippen LogP contribution in [0.5, 0.6) is 0 Å². The van der Waals surface area contributed by atoms with Gasteiger partial charge in [0.05, 0.1) is 41.3 Å². The van der Waals surface area contributed by atoms with Gasteiger partial charge in [-0.05, 0) is 130 Å². The molecule has 0 saturated carbocycles. The lowest BCUT2D eigenvalue weighted by Crippen LogP contribution is -2.20. The Morgan fingerprint density at radius 2 is 1.53 bits per heavy atom. The molecule has 0 saturated heterocycles. The van der Waals surface area contributed by atoms with Gasteiger partial charge in [0.2, 0.25) is 0 Å². The highest BCUT2D eigenvalue weighted by Crippen LogP contribution is 2.47. The van der Waals surface area contributed by atoms with E-state index in [9.17, 15) is 14.7 Å². The number of ether oxygens (including phenoxy) is 2. The number of aromatic amines is 1. The number of methoxy groups -OCH3 is 1. The van der Waals surface area contributed by atoms with Crippen LogP contribution in [0.25, 0.3) is 18.2 Å². The van der Waals surface area contributed by atoms with Crippen LogP contribution in [-0.4, -0.2) is 52.9 Å². The minimum absolute atomic E-state index is 0.144. The van der Waals surface area contributed by atoms with E-state index in [0.29, 0.717) is 51.0 Å². The van der Waals surface area contributed by atoms with Crippen molar-refractivity contribution in [3.05, 3.63) is 120 Å². The number of hydrogen-bond donors (Lipinski definition) is 2. The minimum Gasteiger partial charge on any atom is -0.510 e. The molecule has 2 unspecified atom stereocenters. The highest BCUT2D eigenvalue weighted by molar-refractivity contribution is 6.28. The van der Waals surface area contributed by atoms with Crippen LogP contribution in [0, 0.1) is 30.6 Å². The summed E-state index contributed by atoms with van der Waals surface area (Å²) in [6.07, 6.45) is 24.9. The summed E-state index contributed by atoms with van der Waals surface area (Å²) in [5.74, 6) is -0.137. The fourth-order valence-electron chi connectivity index (χ4n) is 9.54. The zero-order valence-electron chi connectivity index (χ0n) is 40.3. The quantitative estimate of drug-likeness (QED) is 0.0619. The van der Waals surface area contributed by atoms with Gasteiger partial charge in [0.25, 0.3) is 0 Å². The standard InChI is InChI=1S/C55H70N4O5/c1-13-39-35(8)42-28-44-37(10)41(24-25-48(60)64-27-26-34(7)23-17-22-33(6)21-16-20-32(5)19-15-18-31(3)4)52(58-44)50-51(55(62)63-12)54(61)49-38(11)45(59-53(49)50)30-47-40(14-2)36(9)43(57-47)29-46(39)56-42/h13,24-26,28-33,51,56,61H,1,14-23,27H2,2-12H3/b25-24+,34-26+,42-28?,46-29?,47-30?,52-50?/t32?,33?,51-/m1/s1/i3+1,4+1,5+1,6+1,7+1,15+1,16+1,17+1,18+1,19+1,20+1,21+1,22+1,23+1,26+1,27+1,31+1,32+1,33+1,34+1. The Morgan fingerprint density at radius 3 is 2.19 bits per heavy atom. The summed E-state index contributed by atoms with van der Waals surface area (Å²) in [6, 6.07) is 0. The summed E-state index contributed by atoms with van der Waals surface area (Å²) in [7, 11) is 1.30. The monoisotopic (exact) mass is 887 g/mol. The number of fused-ring (bicyclic) bond motifs is 5. The largest absolute Gasteiger partial charge is 0.510 e. The number of nitrogens with one attached hydrogen (secondary N) is 1. The first-order valence-electron chi connectivity index (χ1n) is 23.5. The highest BCUT2D eigenvalue weighted by atomic mass is 16.6. The first-order chi connectivity index (χ1) is 30.6. The maximum absolute atomic E-state index is 13.6. The van der Waals surface area contributed by atoms with E-state index in [1.54, 1.807) is 6.08 Å². The number of aromatic nitrogens is 1. The van der Waals surface area contributed by atoms with Crippen molar-refractivity contribution in [3.8, 4) is 0 Å². The molecule has 0 radical (unpaired) electrons. The van der Waals surface area contributed by atoms with Crippen LogP contribution >= 0.6 is 0 Å². The Hall–Kier alpha value is -5.57. The molecule has 9 heteroatoms. The second kappa shape index (κ2) is 21.0. The predicted molar refractivity (Wildman–Crippen MR) is 263 cm³/mol. The smallest absolute Gasteiger partial charge is 0.331 e. The molecule has 6 rings (SSSR count). The molecule has 0 amide bonds. The van der Waals surface area contributed by atoms with E-state index in [1.807, 2.05) is 45.1 Å². The molecule has 64 heavy (non-hydrogen) atoms. The fourth-order valence-corrected chi connectivity index (χ4v) is 9.54. The molecule has 0 spiro atoms. The van der Waals surface area contributed by atoms with Gasteiger partial charge in [-0.25, -0.2) is 19.8 Å². The Kier molecular flexibility index (Phi) is 15.7. The maximum atomic E-state index is 13.6. The lowest BCUT2D eigenvalue weighted by atomic mass is 9.93. The third kappa shape index (κ3) is 10.3. The number of carbonyl (C=O) groups is 2. The van der Waals surface area contributed by atoms with Gasteiger partial charge in [0.15, 0.2) is 0 Å². The summed E-state index contributed by atoms with van der Waals surface area (Å²) in [4.78, 5) is 45.8. The minimum atomic E-state index is -1.17. The van der Waals surface area contributed by atoms with Crippen molar-refractivity contribution in [2.75, 3.05) is 13.7 Å². The van der Waals surface area contributed by atoms with E-state index in [-0.39, 0.29) is 12.4 Å². The zero-order valence-corrected chi connectivity index (χ0v) is 40.3. The zero-order chi connectivity index (χ0) is 46.4. The Bertz CT molecular complexity index is 2570. The van der Waals surface area contributed by atoms with Crippen LogP contribution < -0.4 is 10.7 Å². The van der Waals surface area contributed by atoms with Gasteiger partial charge >= 0.3 is 11.9 Å². The average molecular weight is 887 g/mol. The molecule has 1 aromatic rings. The van der Waals surface area contributed by atoms with Gasteiger partial charge in [-0.3, -0.25) is 4.79 Å². The van der Waals surface area contributed by atoms with Crippen LogP contribution in [0.1, 0.15) is 138 Å². The van der Waals surface area contributed by atoms with Gasteiger partial charge in [-0.2, -0.15) is 0 Å². The Labute approximate surface area is 381 Å². The number of hydrogen-bond acceptors (Lipinski definition) is 8. The molecule has 1 aliphatic carbocycles. The fraction of sp³-hybridized carbons (Fsp3) is 0.473. The molecule has 8 bridgehead atoms. The number of nitrogens with zero attached hydrogens (tertiary/aromatic N) is 3. The van der Waals surface area contributed by atoms with E-state index >= 15 is 0 Å². The van der Waals surface area contributed by atoms with E-state index in [2.05, 4.69) is 66.1 Å². The van der Waals surface area contributed by atoms with Crippen molar-refractivity contribution in [1.29, 1.82) is 0 Å². The molecular weight excluding hydrogens is 816 g/mol. The molecule has 0 aromatic carbocycles. The van der Waals surface area contributed by atoms with Crippen LogP contribution in [0.3, 0.4) is 0 Å². The van der Waals surface area contributed by atoms with Gasteiger partial charge in [0, 0.05) is 39.1 Å². The lowest BCUT2D eigenvalue weighted by molar-refractivity contribution is -0.143. The van der Waals surface area contributed by atoms with Crippen LogP contribution in [0.15, 0.2) is 113 Å². The van der Waals surface area contributed by atoms with Gasteiger partial charge in [-0.1, -0.05) is 97.8 Å². The molecule has 3 atom stereocenters. The maximum Gasteiger partial charge on any atom is 0.331 e. The van der Waals surface area contributed by atoms with E-state index in [0.717, 1.165) is 81.1 Å². The van der Waals surface area contributed by atoms with E-state index < -0.39 is 17.9 Å². The van der Waals surface area contributed by atoms with Gasteiger partial charge in [-0.15, -0.1) is 0 Å². The summed E-state index contributed by atoms with van der Waals surface area (Å²) in [6.45, 7) is 25.8. The second-order valence-corrected chi connectivity index (χ2v) is 18.8. The topological polar surface area (TPSA) is 126 Å². The van der Waals surface area contributed by atoms with Crippen LogP contribution in [0.4, 0.5) is 0 Å².